The van der Waals surface area contributed by atoms with Crippen LogP contribution in [-0.2, 0) is 0 Å². The van der Waals surface area contributed by atoms with Crippen molar-refractivity contribution in [2.75, 3.05) is 0 Å². The Bertz CT molecular complexity index is 3390. The standard InChI is InChI=1S/C56H42N4O16P4/c61-33-41-1-17-49(18-2-41)69-59-78(71-51-21-5-43(35-63)6-22-51)57-77-58-79(72-52-23-7-44(36-64)8-24-52,73-53-25-9-45(37-65)10-26-53)60(70-50-19-3-42(34-62)4-20-50)80(59,74-54-27-11-46(38-66)12-28-54,75-55-29-13-47(39-67)14-30-55)76-56-31-15-48(40-68)16-32-56/h1-40,57,77H. The van der Waals surface area contributed by atoms with Crippen LogP contribution >= 0.6 is 32.6 Å². The summed E-state index contributed by atoms with van der Waals surface area (Å²) >= 11 is 0. The first kappa shape index (κ1) is 55.7. The number of aldehydes is 8. The van der Waals surface area contributed by atoms with E-state index in [0.29, 0.717) is 55.9 Å². The van der Waals surface area contributed by atoms with Crippen molar-refractivity contribution >= 4 is 82.9 Å². The molecule has 80 heavy (non-hydrogen) atoms. The third-order valence-electron chi connectivity index (χ3n) is 11.2. The number of rotatable bonds is 24. The van der Waals surface area contributed by atoms with Crippen molar-refractivity contribution in [2.45, 2.75) is 0 Å². The average molecular weight is 1150 g/mol. The molecule has 402 valence electrons. The molecule has 8 aromatic carbocycles. The number of hydrogen-bond acceptors (Lipinski definition) is 20. The Kier molecular flexibility index (Phi) is 17.5. The van der Waals surface area contributed by atoms with Crippen molar-refractivity contribution in [1.29, 1.82) is 0 Å². The Morgan fingerprint density at radius 3 is 0.925 bits per heavy atom. The summed E-state index contributed by atoms with van der Waals surface area (Å²) in [7, 11) is -15.6. The molecule has 2 atom stereocenters. The molecule has 0 saturated carbocycles. The third-order valence-corrected chi connectivity index (χ3v) is 21.8. The molecule has 24 heteroatoms. The SMILES string of the molecule is O=Cc1ccc(ON2P(Oc3ccc(C=O)cc3)NPN=P(Oc3ccc(C=O)cc3)(Oc3ccc(C=O)cc3)N(Oc3ccc(C=O)cc3)P2(Oc2ccc(C=O)cc2)(Oc2ccc(C=O)cc2)Oc2ccc(C=O)cc2)cc1. The molecule has 0 saturated heterocycles. The minimum absolute atomic E-state index is 0.00390. The molecule has 1 aliphatic heterocycles. The fraction of sp³-hybridized carbons (Fsp3) is 0. The second-order valence-corrected chi connectivity index (χ2v) is 24.9. The summed E-state index contributed by atoms with van der Waals surface area (Å²) in [6.07, 6.45) is 4.93. The minimum atomic E-state index is -6.88. The van der Waals surface area contributed by atoms with Gasteiger partial charge in [0.15, 0.2) is 0 Å². The predicted molar refractivity (Wildman–Crippen MR) is 298 cm³/mol. The van der Waals surface area contributed by atoms with Crippen LogP contribution in [0.4, 0.5) is 0 Å². The average Bonchev–Trinajstić information content (AvgIpc) is 3.66. The van der Waals surface area contributed by atoms with Crippen LogP contribution in [0.1, 0.15) is 82.9 Å². The van der Waals surface area contributed by atoms with E-state index in [0.717, 1.165) is 9.21 Å². The summed E-state index contributed by atoms with van der Waals surface area (Å²) in [4.78, 5) is 115. The number of benzene rings is 8. The molecule has 0 aliphatic carbocycles. The van der Waals surface area contributed by atoms with Gasteiger partial charge in [-0.05, 0) is 0 Å². The first-order valence-electron chi connectivity index (χ1n) is 23.6. The van der Waals surface area contributed by atoms with Gasteiger partial charge in [0.05, 0.1) is 0 Å². The summed E-state index contributed by atoms with van der Waals surface area (Å²) in [6, 6.07) is 46.3. The Morgan fingerprint density at radius 2 is 0.625 bits per heavy atom. The van der Waals surface area contributed by atoms with Crippen LogP contribution in [0, 0.1) is 0 Å². The summed E-state index contributed by atoms with van der Waals surface area (Å²) in [5, 5.41) is 0. The maximum absolute atomic E-state index is 12.3. The van der Waals surface area contributed by atoms with Crippen molar-refractivity contribution in [3.63, 3.8) is 0 Å². The predicted octanol–water partition coefficient (Wildman–Crippen LogP) is 13.0. The molecular formula is C56H42N4O16P4. The molecule has 0 bridgehead atoms. The van der Waals surface area contributed by atoms with Gasteiger partial charge < -0.3 is 0 Å². The maximum atomic E-state index is 12.3. The fourth-order valence-electron chi connectivity index (χ4n) is 7.24. The topological polar surface area (TPSA) is 241 Å². The van der Waals surface area contributed by atoms with Crippen LogP contribution in [0.25, 0.3) is 0 Å². The van der Waals surface area contributed by atoms with E-state index in [1.165, 1.54) is 194 Å². The molecule has 1 aliphatic rings. The molecule has 2 unspecified atom stereocenters. The molecule has 0 aromatic heterocycles. The van der Waals surface area contributed by atoms with Crippen molar-refractivity contribution in [3.8, 4) is 46.0 Å². The summed E-state index contributed by atoms with van der Waals surface area (Å²) in [5.74, 6) is -0.443. The molecule has 20 nitrogen and oxygen atoms in total. The second-order valence-electron chi connectivity index (χ2n) is 16.6. The molecule has 8 aromatic rings. The normalized spacial score (nSPS) is 16.1. The molecule has 9 rings (SSSR count). The first-order valence-corrected chi connectivity index (χ1v) is 29.1. The molecule has 0 spiro atoms. The van der Waals surface area contributed by atoms with Gasteiger partial charge in [-0.25, -0.2) is 0 Å². The van der Waals surface area contributed by atoms with Gasteiger partial charge in [-0.15, -0.1) is 0 Å². The van der Waals surface area contributed by atoms with E-state index in [2.05, 4.69) is 4.86 Å². The van der Waals surface area contributed by atoms with E-state index >= 15 is 0 Å². The molecule has 1 heterocycles. The zero-order valence-corrected chi connectivity index (χ0v) is 45.0. The molecular weight excluding hydrogens is 1110 g/mol. The van der Waals surface area contributed by atoms with Crippen LogP contribution in [0.3, 0.4) is 0 Å². The number of hydrogen-bond donors (Lipinski definition) is 1. The Labute approximate surface area is 459 Å². The van der Waals surface area contributed by atoms with Crippen LogP contribution in [0.15, 0.2) is 199 Å². The summed E-state index contributed by atoms with van der Waals surface area (Å²) < 4.78 is 51.5. The Morgan fingerprint density at radius 1 is 0.362 bits per heavy atom. The van der Waals surface area contributed by atoms with Gasteiger partial charge in [0.25, 0.3) is 0 Å². The Balaban J connectivity index is 1.51. The van der Waals surface area contributed by atoms with E-state index in [9.17, 15) is 38.4 Å². The van der Waals surface area contributed by atoms with Gasteiger partial charge >= 0.3 is 461 Å². The number of carbonyl (C=O) groups excluding carboxylic acids is 8. The van der Waals surface area contributed by atoms with Crippen LogP contribution in [0.5, 0.6) is 46.0 Å². The zero-order chi connectivity index (χ0) is 56.0. The Hall–Kier alpha value is -9.08. The van der Waals surface area contributed by atoms with Gasteiger partial charge in [-0.1, -0.05) is 0 Å². The van der Waals surface area contributed by atoms with E-state index in [1.54, 1.807) is 0 Å². The van der Waals surface area contributed by atoms with Crippen molar-refractivity contribution in [3.05, 3.63) is 239 Å². The van der Waals surface area contributed by atoms with Gasteiger partial charge in [-0.3, -0.25) is 0 Å². The molecule has 0 fully saturated rings. The van der Waals surface area contributed by atoms with Crippen LogP contribution in [-0.4, -0.2) is 59.5 Å². The van der Waals surface area contributed by atoms with E-state index in [4.69, 9.17) is 41.3 Å². The van der Waals surface area contributed by atoms with Gasteiger partial charge in [0.2, 0.25) is 0 Å². The van der Waals surface area contributed by atoms with Gasteiger partial charge in [0, 0.05) is 0 Å². The van der Waals surface area contributed by atoms with E-state index in [-0.39, 0.29) is 84.9 Å². The fourth-order valence-corrected chi connectivity index (χ4v) is 19.1. The van der Waals surface area contributed by atoms with Crippen LogP contribution < -0.4 is 41.7 Å². The zero-order valence-electron chi connectivity index (χ0n) is 41.3. The quantitative estimate of drug-likeness (QED) is 0.0437. The number of carbonyl (C=O) groups is 8. The summed E-state index contributed by atoms with van der Waals surface area (Å²) in [6.45, 7) is 0. The van der Waals surface area contributed by atoms with Crippen LogP contribution in [0.2, 0.25) is 0 Å². The summed E-state index contributed by atoms with van der Waals surface area (Å²) in [5.41, 5.74) is 1.89. The van der Waals surface area contributed by atoms with E-state index < -0.39 is 32.6 Å². The third kappa shape index (κ3) is 12.4. The molecule has 0 amide bonds. The molecule has 0 radical (unpaired) electrons. The first-order chi connectivity index (χ1) is 39.0. The van der Waals surface area contributed by atoms with E-state index in [1.807, 2.05) is 0 Å². The number of nitrogens with zero attached hydrogens (tertiary/aromatic N) is 3. The number of nitrogens with one attached hydrogen (secondary N) is 1. The van der Waals surface area contributed by atoms with Crippen molar-refractivity contribution in [1.82, 2.24) is 14.1 Å². The molecule has 1 N–H and O–H groups in total. The van der Waals surface area contributed by atoms with Gasteiger partial charge in [-0.2, -0.15) is 0 Å². The van der Waals surface area contributed by atoms with Crippen molar-refractivity contribution in [2.24, 2.45) is 4.52 Å². The second kappa shape index (κ2) is 25.1. The monoisotopic (exact) mass is 1150 g/mol. The van der Waals surface area contributed by atoms with Gasteiger partial charge in [0.1, 0.15) is 0 Å². The van der Waals surface area contributed by atoms with Crippen molar-refractivity contribution < 1.29 is 75.2 Å².